The lowest BCUT2D eigenvalue weighted by Crippen LogP contribution is -2.39. The molecule has 6 nitrogen and oxygen atoms in total. The second-order valence-corrected chi connectivity index (χ2v) is 7.05. The lowest BCUT2D eigenvalue weighted by atomic mass is 10.1. The summed E-state index contributed by atoms with van der Waals surface area (Å²) in [5, 5.41) is 7.70. The van der Waals surface area contributed by atoms with E-state index in [0.29, 0.717) is 26.1 Å². The molecule has 0 aromatic heterocycles. The van der Waals surface area contributed by atoms with Gasteiger partial charge in [-0.05, 0) is 40.9 Å². The summed E-state index contributed by atoms with van der Waals surface area (Å²) in [6.07, 6.45) is 1.26. The average molecular weight is 381 g/mol. The van der Waals surface area contributed by atoms with Crippen molar-refractivity contribution in [2.75, 3.05) is 13.2 Å². The van der Waals surface area contributed by atoms with Gasteiger partial charge in [-0.1, -0.05) is 0 Å². The normalized spacial score (nSPS) is 16.7. The van der Waals surface area contributed by atoms with Crippen molar-refractivity contribution in [3.05, 3.63) is 28.0 Å². The Balaban J connectivity index is 2.28. The minimum atomic E-state index is -4.05. The van der Waals surface area contributed by atoms with Crippen molar-refractivity contribution in [2.24, 2.45) is 5.14 Å². The van der Waals surface area contributed by atoms with Crippen LogP contribution in [0.25, 0.3) is 0 Å². The summed E-state index contributed by atoms with van der Waals surface area (Å²) in [7, 11) is -4.05. The van der Waals surface area contributed by atoms with Crippen LogP contribution in [-0.2, 0) is 14.8 Å². The first-order valence-corrected chi connectivity index (χ1v) is 8.53. The number of hydrogen-bond acceptors (Lipinski definition) is 4. The van der Waals surface area contributed by atoms with Crippen molar-refractivity contribution in [2.45, 2.75) is 23.8 Å². The molecule has 0 radical (unpaired) electrons. The van der Waals surface area contributed by atoms with E-state index in [1.54, 1.807) is 0 Å². The topological polar surface area (TPSA) is 98.5 Å². The fraction of sp³-hybridized carbons (Fsp3) is 0.417. The van der Waals surface area contributed by atoms with Gasteiger partial charge in [-0.2, -0.15) is 0 Å². The molecule has 2 rings (SSSR count). The Morgan fingerprint density at radius 1 is 1.38 bits per heavy atom. The molecule has 1 fully saturated rings. The zero-order chi connectivity index (χ0) is 15.6. The van der Waals surface area contributed by atoms with Crippen LogP contribution >= 0.6 is 15.9 Å². The molecule has 9 heteroatoms. The van der Waals surface area contributed by atoms with Crippen molar-refractivity contribution in [1.29, 1.82) is 0 Å². The molecule has 21 heavy (non-hydrogen) atoms. The molecule has 0 unspecified atom stereocenters. The van der Waals surface area contributed by atoms with Crippen LogP contribution in [0.3, 0.4) is 0 Å². The molecule has 116 valence electrons. The SMILES string of the molecule is NS(=O)(=O)c1cc(C(=O)NC2CCOCC2)c(F)cc1Br. The molecule has 1 saturated heterocycles. The van der Waals surface area contributed by atoms with E-state index in [0.717, 1.165) is 12.1 Å². The van der Waals surface area contributed by atoms with Crippen LogP contribution in [0.5, 0.6) is 0 Å². The summed E-state index contributed by atoms with van der Waals surface area (Å²) in [4.78, 5) is 11.7. The Hall–Kier alpha value is -1.03. The number of halogens is 2. The lowest BCUT2D eigenvalue weighted by molar-refractivity contribution is 0.0694. The number of benzene rings is 1. The Kier molecular flexibility index (Phi) is 4.97. The van der Waals surface area contributed by atoms with E-state index in [-0.39, 0.29) is 21.0 Å². The zero-order valence-corrected chi connectivity index (χ0v) is 13.3. The van der Waals surface area contributed by atoms with E-state index in [4.69, 9.17) is 9.88 Å². The van der Waals surface area contributed by atoms with E-state index in [1.807, 2.05) is 0 Å². The van der Waals surface area contributed by atoms with Gasteiger partial charge in [0, 0.05) is 23.7 Å². The highest BCUT2D eigenvalue weighted by molar-refractivity contribution is 9.10. The quantitative estimate of drug-likeness (QED) is 0.821. The van der Waals surface area contributed by atoms with E-state index in [1.165, 1.54) is 0 Å². The summed E-state index contributed by atoms with van der Waals surface area (Å²) >= 11 is 2.92. The van der Waals surface area contributed by atoms with Gasteiger partial charge in [0.1, 0.15) is 5.82 Å². The Bertz CT molecular complexity index is 659. The number of ether oxygens (including phenoxy) is 1. The minimum absolute atomic E-state index is 0.0230. The Morgan fingerprint density at radius 3 is 2.57 bits per heavy atom. The van der Waals surface area contributed by atoms with Crippen LogP contribution in [0.15, 0.2) is 21.5 Å². The zero-order valence-electron chi connectivity index (χ0n) is 10.9. The molecular weight excluding hydrogens is 367 g/mol. The van der Waals surface area contributed by atoms with Crippen LogP contribution in [0.1, 0.15) is 23.2 Å². The highest BCUT2D eigenvalue weighted by Crippen LogP contribution is 2.25. The number of nitrogens with two attached hydrogens (primary N) is 1. The van der Waals surface area contributed by atoms with Gasteiger partial charge in [0.05, 0.1) is 10.5 Å². The van der Waals surface area contributed by atoms with Crippen molar-refractivity contribution in [1.82, 2.24) is 5.32 Å². The first-order chi connectivity index (χ1) is 9.79. The van der Waals surface area contributed by atoms with Crippen LogP contribution < -0.4 is 10.5 Å². The molecule has 1 amide bonds. The summed E-state index contributed by atoms with van der Waals surface area (Å²) in [5.74, 6) is -1.49. The first-order valence-electron chi connectivity index (χ1n) is 6.19. The third kappa shape index (κ3) is 4.00. The molecular formula is C12H14BrFN2O4S. The van der Waals surface area contributed by atoms with Crippen LogP contribution in [0, 0.1) is 5.82 Å². The first kappa shape index (κ1) is 16.3. The van der Waals surface area contributed by atoms with Crippen molar-refractivity contribution in [3.8, 4) is 0 Å². The van der Waals surface area contributed by atoms with E-state index in [2.05, 4.69) is 21.2 Å². The maximum atomic E-state index is 13.9. The predicted octanol–water partition coefficient (Wildman–Crippen LogP) is 1.14. The van der Waals surface area contributed by atoms with E-state index in [9.17, 15) is 17.6 Å². The highest BCUT2D eigenvalue weighted by atomic mass is 79.9. The van der Waals surface area contributed by atoms with Crippen molar-refractivity contribution < 1.29 is 22.3 Å². The van der Waals surface area contributed by atoms with Gasteiger partial charge in [-0.15, -0.1) is 0 Å². The maximum Gasteiger partial charge on any atom is 0.254 e. The number of hydrogen-bond donors (Lipinski definition) is 2. The number of carbonyl (C=O) groups excluding carboxylic acids is 1. The van der Waals surface area contributed by atoms with Gasteiger partial charge in [0.2, 0.25) is 10.0 Å². The van der Waals surface area contributed by atoms with Gasteiger partial charge in [-0.25, -0.2) is 17.9 Å². The monoisotopic (exact) mass is 380 g/mol. The van der Waals surface area contributed by atoms with Gasteiger partial charge in [0.25, 0.3) is 5.91 Å². The fourth-order valence-electron chi connectivity index (χ4n) is 2.03. The Labute approximate surface area is 130 Å². The molecule has 1 heterocycles. The van der Waals surface area contributed by atoms with Gasteiger partial charge in [0.15, 0.2) is 0 Å². The second-order valence-electron chi connectivity index (χ2n) is 4.67. The number of primary sulfonamides is 1. The smallest absolute Gasteiger partial charge is 0.254 e. The third-order valence-electron chi connectivity index (χ3n) is 3.13. The van der Waals surface area contributed by atoms with Crippen LogP contribution in [0.2, 0.25) is 0 Å². The molecule has 1 aliphatic rings. The number of carbonyl (C=O) groups is 1. The van der Waals surface area contributed by atoms with E-state index >= 15 is 0 Å². The number of sulfonamides is 1. The third-order valence-corrected chi connectivity index (χ3v) is 5.00. The summed E-state index contributed by atoms with van der Waals surface area (Å²) in [6.45, 7) is 1.05. The largest absolute Gasteiger partial charge is 0.381 e. The lowest BCUT2D eigenvalue weighted by Gasteiger charge is -2.23. The molecule has 0 atom stereocenters. The average Bonchev–Trinajstić information content (AvgIpc) is 2.38. The van der Waals surface area contributed by atoms with Crippen molar-refractivity contribution in [3.63, 3.8) is 0 Å². The molecule has 1 aromatic rings. The van der Waals surface area contributed by atoms with Gasteiger partial charge in [-0.3, -0.25) is 4.79 Å². The number of nitrogens with one attached hydrogen (secondary N) is 1. The van der Waals surface area contributed by atoms with Crippen LogP contribution in [0.4, 0.5) is 4.39 Å². The summed E-state index contributed by atoms with van der Waals surface area (Å²) in [6, 6.07) is 1.73. The molecule has 1 aliphatic heterocycles. The van der Waals surface area contributed by atoms with Gasteiger partial charge >= 0.3 is 0 Å². The second kappa shape index (κ2) is 6.39. The fourth-order valence-corrected chi connectivity index (χ4v) is 3.63. The van der Waals surface area contributed by atoms with Crippen LogP contribution in [-0.4, -0.2) is 33.6 Å². The predicted molar refractivity (Wildman–Crippen MR) is 76.8 cm³/mol. The standard InChI is InChI=1S/C12H14BrFN2O4S/c13-9-6-10(14)8(5-11(9)21(15,18)19)12(17)16-7-1-3-20-4-2-7/h5-7H,1-4H2,(H,16,17)(H2,15,18,19). The molecule has 3 N–H and O–H groups in total. The minimum Gasteiger partial charge on any atom is -0.381 e. The summed E-state index contributed by atoms with van der Waals surface area (Å²) in [5.41, 5.74) is -0.353. The maximum absolute atomic E-state index is 13.9. The molecule has 0 aliphatic carbocycles. The molecule has 1 aromatic carbocycles. The molecule has 0 spiro atoms. The number of rotatable bonds is 3. The van der Waals surface area contributed by atoms with Crippen molar-refractivity contribution >= 4 is 31.9 Å². The molecule has 0 saturated carbocycles. The highest BCUT2D eigenvalue weighted by Gasteiger charge is 2.23. The Morgan fingerprint density at radius 2 is 2.00 bits per heavy atom. The summed E-state index contributed by atoms with van der Waals surface area (Å²) < 4.78 is 41.8. The van der Waals surface area contributed by atoms with Gasteiger partial charge < -0.3 is 10.1 Å². The number of amides is 1. The van der Waals surface area contributed by atoms with E-state index < -0.39 is 21.7 Å². The molecule has 0 bridgehead atoms.